The standard InChI is InChI=1S/C15H22N2O2/c16-10-12-5-1-2-7-14(12)17-15(19)9-11-4-3-6-13(18)8-11/h3-4,6,8,12,14,18H,1-2,5,7,9-10,16H2,(H,17,19). The van der Waals surface area contributed by atoms with Crippen LogP contribution in [-0.2, 0) is 11.2 Å². The summed E-state index contributed by atoms with van der Waals surface area (Å²) < 4.78 is 0. The predicted octanol–water partition coefficient (Wildman–Crippen LogP) is 1.57. The molecule has 0 radical (unpaired) electrons. The molecule has 2 rings (SSSR count). The third kappa shape index (κ3) is 3.96. The molecule has 0 aliphatic heterocycles. The van der Waals surface area contributed by atoms with E-state index in [2.05, 4.69) is 5.32 Å². The van der Waals surface area contributed by atoms with Crippen LogP contribution in [0.15, 0.2) is 24.3 Å². The number of benzene rings is 1. The molecule has 19 heavy (non-hydrogen) atoms. The van der Waals surface area contributed by atoms with Crippen LogP contribution in [0.5, 0.6) is 5.75 Å². The van der Waals surface area contributed by atoms with Crippen molar-refractivity contribution in [2.24, 2.45) is 11.7 Å². The van der Waals surface area contributed by atoms with Crippen LogP contribution in [0.4, 0.5) is 0 Å². The normalized spacial score (nSPS) is 23.0. The van der Waals surface area contributed by atoms with E-state index in [0.29, 0.717) is 18.9 Å². The van der Waals surface area contributed by atoms with Gasteiger partial charge in [-0.25, -0.2) is 0 Å². The lowest BCUT2D eigenvalue weighted by atomic mass is 9.84. The lowest BCUT2D eigenvalue weighted by molar-refractivity contribution is -0.121. The van der Waals surface area contributed by atoms with E-state index in [-0.39, 0.29) is 17.7 Å². The summed E-state index contributed by atoms with van der Waals surface area (Å²) in [6, 6.07) is 7.04. The molecule has 4 heteroatoms. The highest BCUT2D eigenvalue weighted by Crippen LogP contribution is 2.23. The number of nitrogens with one attached hydrogen (secondary N) is 1. The van der Waals surface area contributed by atoms with Gasteiger partial charge in [-0.3, -0.25) is 4.79 Å². The van der Waals surface area contributed by atoms with Crippen molar-refractivity contribution in [3.63, 3.8) is 0 Å². The zero-order chi connectivity index (χ0) is 13.7. The molecule has 1 aromatic carbocycles. The molecule has 0 aromatic heterocycles. The van der Waals surface area contributed by atoms with Gasteiger partial charge in [0, 0.05) is 6.04 Å². The molecule has 1 amide bonds. The highest BCUT2D eigenvalue weighted by molar-refractivity contribution is 5.79. The fourth-order valence-electron chi connectivity index (χ4n) is 2.79. The molecule has 1 saturated carbocycles. The van der Waals surface area contributed by atoms with E-state index in [1.807, 2.05) is 6.07 Å². The van der Waals surface area contributed by atoms with E-state index in [9.17, 15) is 9.90 Å². The van der Waals surface area contributed by atoms with E-state index < -0.39 is 0 Å². The second-order valence-corrected chi connectivity index (χ2v) is 5.30. The van der Waals surface area contributed by atoms with Crippen molar-refractivity contribution in [2.45, 2.75) is 38.1 Å². The Morgan fingerprint density at radius 2 is 2.16 bits per heavy atom. The summed E-state index contributed by atoms with van der Waals surface area (Å²) in [5.41, 5.74) is 6.59. The molecule has 1 aliphatic rings. The van der Waals surface area contributed by atoms with Crippen molar-refractivity contribution in [1.29, 1.82) is 0 Å². The van der Waals surface area contributed by atoms with Gasteiger partial charge in [-0.1, -0.05) is 25.0 Å². The second-order valence-electron chi connectivity index (χ2n) is 5.30. The summed E-state index contributed by atoms with van der Waals surface area (Å²) in [6.45, 7) is 0.636. The largest absolute Gasteiger partial charge is 0.508 e. The molecule has 0 spiro atoms. The second kappa shape index (κ2) is 6.57. The molecular formula is C15H22N2O2. The molecular weight excluding hydrogens is 240 g/mol. The zero-order valence-corrected chi connectivity index (χ0v) is 11.1. The minimum absolute atomic E-state index is 0.0101. The first-order chi connectivity index (χ1) is 9.19. The average Bonchev–Trinajstić information content (AvgIpc) is 2.39. The van der Waals surface area contributed by atoms with E-state index in [1.54, 1.807) is 18.2 Å². The van der Waals surface area contributed by atoms with Crippen LogP contribution in [-0.4, -0.2) is 23.6 Å². The number of hydrogen-bond acceptors (Lipinski definition) is 3. The molecule has 1 fully saturated rings. The summed E-state index contributed by atoms with van der Waals surface area (Å²) in [5.74, 6) is 0.612. The average molecular weight is 262 g/mol. The van der Waals surface area contributed by atoms with Gasteiger partial charge in [0.1, 0.15) is 5.75 Å². The Balaban J connectivity index is 1.90. The molecule has 4 N–H and O–H groups in total. The number of phenolic OH excluding ortho intramolecular Hbond substituents is 1. The smallest absolute Gasteiger partial charge is 0.224 e. The van der Waals surface area contributed by atoms with Crippen molar-refractivity contribution in [1.82, 2.24) is 5.32 Å². The fraction of sp³-hybridized carbons (Fsp3) is 0.533. The fourth-order valence-corrected chi connectivity index (χ4v) is 2.79. The Morgan fingerprint density at radius 3 is 2.89 bits per heavy atom. The summed E-state index contributed by atoms with van der Waals surface area (Å²) in [7, 11) is 0. The number of rotatable bonds is 4. The van der Waals surface area contributed by atoms with Crippen molar-refractivity contribution in [3.05, 3.63) is 29.8 Å². The number of carbonyl (C=O) groups is 1. The topological polar surface area (TPSA) is 75.3 Å². The summed E-state index contributed by atoms with van der Waals surface area (Å²) in [4.78, 5) is 12.0. The van der Waals surface area contributed by atoms with Crippen LogP contribution < -0.4 is 11.1 Å². The lowest BCUT2D eigenvalue weighted by Crippen LogP contribution is -2.45. The number of phenols is 1. The number of hydrogen-bond donors (Lipinski definition) is 3. The monoisotopic (exact) mass is 262 g/mol. The van der Waals surface area contributed by atoms with E-state index >= 15 is 0 Å². The number of aromatic hydroxyl groups is 1. The van der Waals surface area contributed by atoms with Gasteiger partial charge < -0.3 is 16.2 Å². The van der Waals surface area contributed by atoms with Gasteiger partial charge in [-0.2, -0.15) is 0 Å². The maximum absolute atomic E-state index is 12.0. The molecule has 104 valence electrons. The quantitative estimate of drug-likeness (QED) is 0.771. The van der Waals surface area contributed by atoms with Gasteiger partial charge in [0.05, 0.1) is 6.42 Å². The molecule has 2 atom stereocenters. The van der Waals surface area contributed by atoms with E-state index in [4.69, 9.17) is 5.73 Å². The minimum Gasteiger partial charge on any atom is -0.508 e. The SMILES string of the molecule is NCC1CCCCC1NC(=O)Cc1cccc(O)c1. The third-order valence-corrected chi connectivity index (χ3v) is 3.83. The molecule has 0 heterocycles. The van der Waals surface area contributed by atoms with E-state index in [0.717, 1.165) is 24.8 Å². The Morgan fingerprint density at radius 1 is 1.37 bits per heavy atom. The Kier molecular flexibility index (Phi) is 4.80. The van der Waals surface area contributed by atoms with Gasteiger partial charge >= 0.3 is 0 Å². The lowest BCUT2D eigenvalue weighted by Gasteiger charge is -2.31. The van der Waals surface area contributed by atoms with E-state index in [1.165, 1.54) is 6.42 Å². The minimum atomic E-state index is 0.0101. The highest BCUT2D eigenvalue weighted by Gasteiger charge is 2.25. The van der Waals surface area contributed by atoms with Crippen molar-refractivity contribution in [2.75, 3.05) is 6.54 Å². The first-order valence-corrected chi connectivity index (χ1v) is 6.96. The van der Waals surface area contributed by atoms with Crippen molar-refractivity contribution >= 4 is 5.91 Å². The number of amides is 1. The van der Waals surface area contributed by atoms with Gasteiger partial charge in [-0.15, -0.1) is 0 Å². The number of carbonyl (C=O) groups excluding carboxylic acids is 1. The molecule has 2 unspecified atom stereocenters. The highest BCUT2D eigenvalue weighted by atomic mass is 16.3. The Labute approximate surface area is 114 Å². The molecule has 1 aromatic rings. The zero-order valence-electron chi connectivity index (χ0n) is 11.1. The Hall–Kier alpha value is -1.55. The van der Waals surface area contributed by atoms with Crippen LogP contribution in [0.1, 0.15) is 31.2 Å². The summed E-state index contributed by atoms with van der Waals surface area (Å²) in [5, 5.41) is 12.5. The van der Waals surface area contributed by atoms with Crippen LogP contribution in [0.3, 0.4) is 0 Å². The van der Waals surface area contributed by atoms with Crippen LogP contribution >= 0.6 is 0 Å². The van der Waals surface area contributed by atoms with Crippen LogP contribution in [0, 0.1) is 5.92 Å². The maximum Gasteiger partial charge on any atom is 0.224 e. The Bertz CT molecular complexity index is 434. The molecule has 4 nitrogen and oxygen atoms in total. The summed E-state index contributed by atoms with van der Waals surface area (Å²) in [6.07, 6.45) is 4.80. The predicted molar refractivity (Wildman–Crippen MR) is 74.8 cm³/mol. The van der Waals surface area contributed by atoms with Crippen LogP contribution in [0.25, 0.3) is 0 Å². The van der Waals surface area contributed by atoms with Crippen molar-refractivity contribution in [3.8, 4) is 5.75 Å². The third-order valence-electron chi connectivity index (χ3n) is 3.83. The number of nitrogens with two attached hydrogens (primary N) is 1. The molecule has 0 saturated heterocycles. The first kappa shape index (κ1) is 13.9. The molecule has 1 aliphatic carbocycles. The van der Waals surface area contributed by atoms with Crippen molar-refractivity contribution < 1.29 is 9.90 Å². The first-order valence-electron chi connectivity index (χ1n) is 6.96. The maximum atomic E-state index is 12.0. The van der Waals surface area contributed by atoms with Crippen LogP contribution in [0.2, 0.25) is 0 Å². The van der Waals surface area contributed by atoms with Gasteiger partial charge in [0.2, 0.25) is 5.91 Å². The van der Waals surface area contributed by atoms with Gasteiger partial charge in [0.25, 0.3) is 0 Å². The summed E-state index contributed by atoms with van der Waals surface area (Å²) >= 11 is 0. The molecule has 0 bridgehead atoms. The van der Waals surface area contributed by atoms with Gasteiger partial charge in [-0.05, 0) is 43.0 Å². The van der Waals surface area contributed by atoms with Gasteiger partial charge in [0.15, 0.2) is 0 Å².